The van der Waals surface area contributed by atoms with Crippen LogP contribution in [-0.2, 0) is 9.53 Å². The molecular weight excluding hydrogens is 320 g/mol. The van der Waals surface area contributed by atoms with Crippen LogP contribution in [0.25, 0.3) is 5.57 Å². The van der Waals surface area contributed by atoms with Gasteiger partial charge < -0.3 is 14.4 Å². The minimum absolute atomic E-state index is 0.0212. The molecular formula is C19H24N2O4. The molecule has 6 heteroatoms. The molecule has 134 valence electrons. The van der Waals surface area contributed by atoms with Crippen molar-refractivity contribution >= 4 is 17.6 Å². The highest BCUT2D eigenvalue weighted by Crippen LogP contribution is 2.26. The minimum atomic E-state index is -0.415. The Bertz CT molecular complexity index is 669. The number of benzene rings is 1. The van der Waals surface area contributed by atoms with Crippen LogP contribution in [0.3, 0.4) is 0 Å². The van der Waals surface area contributed by atoms with Crippen LogP contribution in [0.5, 0.6) is 5.75 Å². The summed E-state index contributed by atoms with van der Waals surface area (Å²) in [6.45, 7) is 1.83. The molecule has 2 amide bonds. The van der Waals surface area contributed by atoms with Crippen LogP contribution in [-0.4, -0.2) is 61.7 Å². The normalized spacial score (nSPS) is 20.2. The van der Waals surface area contributed by atoms with Crippen LogP contribution >= 0.6 is 0 Å². The molecule has 2 heterocycles. The van der Waals surface area contributed by atoms with Crippen molar-refractivity contribution in [1.82, 2.24) is 9.80 Å². The molecule has 1 aromatic rings. The highest BCUT2D eigenvalue weighted by Gasteiger charge is 2.37. The van der Waals surface area contributed by atoms with Gasteiger partial charge in [-0.2, -0.15) is 0 Å². The molecule has 1 unspecified atom stereocenters. The van der Waals surface area contributed by atoms with E-state index in [0.29, 0.717) is 26.1 Å². The summed E-state index contributed by atoms with van der Waals surface area (Å²) < 4.78 is 9.98. The van der Waals surface area contributed by atoms with E-state index in [0.717, 1.165) is 24.2 Å². The second-order valence-corrected chi connectivity index (χ2v) is 6.31. The summed E-state index contributed by atoms with van der Waals surface area (Å²) in [4.78, 5) is 28.0. The van der Waals surface area contributed by atoms with Gasteiger partial charge in [0.2, 0.25) is 5.91 Å². The van der Waals surface area contributed by atoms with E-state index in [4.69, 9.17) is 9.47 Å². The number of carbonyl (C=O) groups excluding carboxylic acids is 2. The Morgan fingerprint density at radius 1 is 1.12 bits per heavy atom. The number of hydrogen-bond acceptors (Lipinski definition) is 4. The third-order valence-corrected chi connectivity index (χ3v) is 4.93. The van der Waals surface area contributed by atoms with Crippen LogP contribution in [0, 0.1) is 0 Å². The average molecular weight is 344 g/mol. The van der Waals surface area contributed by atoms with Crippen molar-refractivity contribution in [2.24, 2.45) is 0 Å². The maximum absolute atomic E-state index is 12.8. The van der Waals surface area contributed by atoms with Crippen molar-refractivity contribution in [3.8, 4) is 5.75 Å². The predicted octanol–water partition coefficient (Wildman–Crippen LogP) is 2.54. The number of amides is 2. The molecule has 0 aliphatic carbocycles. The van der Waals surface area contributed by atoms with Gasteiger partial charge in [0.05, 0.1) is 14.2 Å². The smallest absolute Gasteiger partial charge is 0.410 e. The molecule has 6 nitrogen and oxygen atoms in total. The lowest BCUT2D eigenvalue weighted by molar-refractivity contribution is -0.135. The molecule has 1 fully saturated rings. The topological polar surface area (TPSA) is 59.1 Å². The summed E-state index contributed by atoms with van der Waals surface area (Å²) in [5.74, 6) is 0.856. The van der Waals surface area contributed by atoms with E-state index >= 15 is 0 Å². The first-order valence-corrected chi connectivity index (χ1v) is 8.61. The summed E-state index contributed by atoms with van der Waals surface area (Å²) in [5, 5.41) is 0. The molecule has 3 rings (SSSR count). The van der Waals surface area contributed by atoms with Crippen LogP contribution in [0.15, 0.2) is 30.3 Å². The second kappa shape index (κ2) is 7.59. The molecule has 0 bridgehead atoms. The van der Waals surface area contributed by atoms with Crippen LogP contribution < -0.4 is 4.74 Å². The van der Waals surface area contributed by atoms with E-state index in [1.165, 1.54) is 12.7 Å². The number of carbonyl (C=O) groups is 2. The molecule has 1 atom stereocenters. The van der Waals surface area contributed by atoms with Gasteiger partial charge in [-0.05, 0) is 42.5 Å². The first-order valence-electron chi connectivity index (χ1n) is 8.61. The molecule has 2 aliphatic heterocycles. The number of hydrogen-bond donors (Lipinski definition) is 0. The predicted molar refractivity (Wildman–Crippen MR) is 94.3 cm³/mol. The zero-order valence-electron chi connectivity index (χ0n) is 14.7. The molecule has 1 saturated heterocycles. The van der Waals surface area contributed by atoms with Gasteiger partial charge in [-0.25, -0.2) is 4.79 Å². The van der Waals surface area contributed by atoms with Gasteiger partial charge in [-0.3, -0.25) is 9.69 Å². The maximum Gasteiger partial charge on any atom is 0.410 e. The van der Waals surface area contributed by atoms with Gasteiger partial charge in [0.25, 0.3) is 0 Å². The fourth-order valence-electron chi connectivity index (χ4n) is 3.51. The van der Waals surface area contributed by atoms with E-state index in [1.807, 2.05) is 29.2 Å². The zero-order valence-corrected chi connectivity index (χ0v) is 14.7. The van der Waals surface area contributed by atoms with E-state index in [2.05, 4.69) is 6.08 Å². The van der Waals surface area contributed by atoms with Crippen LogP contribution in [0.4, 0.5) is 4.79 Å². The fourth-order valence-corrected chi connectivity index (χ4v) is 3.51. The van der Waals surface area contributed by atoms with Gasteiger partial charge in [0.1, 0.15) is 11.8 Å². The lowest BCUT2D eigenvalue weighted by Gasteiger charge is -2.31. The van der Waals surface area contributed by atoms with Gasteiger partial charge in [0, 0.05) is 19.6 Å². The number of methoxy groups -OCH3 is 2. The number of rotatable bonds is 3. The van der Waals surface area contributed by atoms with Gasteiger partial charge in [-0.1, -0.05) is 18.2 Å². The Balaban J connectivity index is 1.65. The number of likely N-dealkylation sites (tertiary alicyclic amines) is 1. The van der Waals surface area contributed by atoms with E-state index in [9.17, 15) is 9.59 Å². The average Bonchev–Trinajstić information content (AvgIpc) is 3.17. The summed E-state index contributed by atoms with van der Waals surface area (Å²) in [6, 6.07) is 7.58. The number of nitrogens with zero attached hydrogens (tertiary/aromatic N) is 2. The van der Waals surface area contributed by atoms with E-state index in [-0.39, 0.29) is 11.9 Å². The Labute approximate surface area is 148 Å². The molecule has 2 aliphatic rings. The molecule has 0 radical (unpaired) electrons. The van der Waals surface area contributed by atoms with Crippen LogP contribution in [0.2, 0.25) is 0 Å². The standard InChI is InChI=1S/C19H24N2O4/c1-24-16-7-5-14(6-8-16)15-9-12-20(13-10-15)18(22)17-4-3-11-21(17)19(23)25-2/h5-9,17H,3-4,10-13H2,1-2H3. The summed E-state index contributed by atoms with van der Waals surface area (Å²) in [7, 11) is 3.01. The lowest BCUT2D eigenvalue weighted by Crippen LogP contribution is -2.48. The van der Waals surface area contributed by atoms with Gasteiger partial charge in [-0.15, -0.1) is 0 Å². The summed E-state index contributed by atoms with van der Waals surface area (Å²) in [6.07, 6.45) is 4.04. The van der Waals surface area contributed by atoms with Gasteiger partial charge >= 0.3 is 6.09 Å². The third-order valence-electron chi connectivity index (χ3n) is 4.93. The third kappa shape index (κ3) is 3.62. The van der Waals surface area contributed by atoms with E-state index in [1.54, 1.807) is 12.0 Å². The SMILES string of the molecule is COC(=O)N1CCCC1C(=O)N1CC=C(c2ccc(OC)cc2)CC1. The first-order chi connectivity index (χ1) is 12.1. The first kappa shape index (κ1) is 17.3. The molecule has 0 N–H and O–H groups in total. The molecule has 0 spiro atoms. The zero-order chi connectivity index (χ0) is 17.8. The Morgan fingerprint density at radius 2 is 1.88 bits per heavy atom. The highest BCUT2D eigenvalue weighted by atomic mass is 16.5. The Morgan fingerprint density at radius 3 is 2.48 bits per heavy atom. The van der Waals surface area contributed by atoms with Crippen LogP contribution in [0.1, 0.15) is 24.8 Å². The Kier molecular flexibility index (Phi) is 5.26. The van der Waals surface area contributed by atoms with Crippen molar-refractivity contribution < 1.29 is 19.1 Å². The monoisotopic (exact) mass is 344 g/mol. The molecule has 1 aromatic carbocycles. The molecule has 0 saturated carbocycles. The Hall–Kier alpha value is -2.50. The maximum atomic E-state index is 12.8. The quantitative estimate of drug-likeness (QED) is 0.845. The van der Waals surface area contributed by atoms with Crippen molar-refractivity contribution in [2.45, 2.75) is 25.3 Å². The summed E-state index contributed by atoms with van der Waals surface area (Å²) >= 11 is 0. The highest BCUT2D eigenvalue weighted by molar-refractivity contribution is 5.87. The second-order valence-electron chi connectivity index (χ2n) is 6.31. The van der Waals surface area contributed by atoms with Crippen molar-refractivity contribution in [2.75, 3.05) is 33.9 Å². The van der Waals surface area contributed by atoms with Crippen molar-refractivity contribution in [1.29, 1.82) is 0 Å². The lowest BCUT2D eigenvalue weighted by atomic mass is 9.99. The van der Waals surface area contributed by atoms with E-state index < -0.39 is 6.09 Å². The van der Waals surface area contributed by atoms with Gasteiger partial charge in [0.15, 0.2) is 0 Å². The molecule has 0 aromatic heterocycles. The molecule has 25 heavy (non-hydrogen) atoms. The fraction of sp³-hybridized carbons (Fsp3) is 0.474. The largest absolute Gasteiger partial charge is 0.497 e. The minimum Gasteiger partial charge on any atom is -0.497 e. The summed E-state index contributed by atoms with van der Waals surface area (Å²) in [5.41, 5.74) is 2.40. The number of ether oxygens (including phenoxy) is 2. The van der Waals surface area contributed by atoms with Crippen molar-refractivity contribution in [3.05, 3.63) is 35.9 Å². The van der Waals surface area contributed by atoms with Crippen molar-refractivity contribution in [3.63, 3.8) is 0 Å².